The first-order chi connectivity index (χ1) is 9.63. The van der Waals surface area contributed by atoms with Gasteiger partial charge in [-0.1, -0.05) is 12.8 Å². The summed E-state index contributed by atoms with van der Waals surface area (Å²) in [7, 11) is -3.51. The summed E-state index contributed by atoms with van der Waals surface area (Å²) in [6, 6.07) is 3.33. The number of hydrogen-bond donors (Lipinski definition) is 0. The summed E-state index contributed by atoms with van der Waals surface area (Å²) >= 11 is 5.68. The van der Waals surface area contributed by atoms with Crippen LogP contribution in [-0.2, 0) is 15.9 Å². The largest absolute Gasteiger partial charge is 0.447 e. The summed E-state index contributed by atoms with van der Waals surface area (Å²) in [6.07, 6.45) is 6.59. The van der Waals surface area contributed by atoms with Crippen molar-refractivity contribution < 1.29 is 12.8 Å². The molecule has 3 rings (SSSR count). The molecule has 1 saturated heterocycles. The Balaban J connectivity index is 1.89. The Morgan fingerprint density at radius 1 is 1.20 bits per heavy atom. The van der Waals surface area contributed by atoms with Crippen LogP contribution in [0.25, 0.3) is 0 Å². The van der Waals surface area contributed by atoms with Crippen LogP contribution in [0.5, 0.6) is 0 Å². The Labute approximate surface area is 125 Å². The van der Waals surface area contributed by atoms with Gasteiger partial charge in [0.05, 0.1) is 5.88 Å². The first-order valence-electron chi connectivity index (χ1n) is 7.29. The molecule has 0 amide bonds. The summed E-state index contributed by atoms with van der Waals surface area (Å²) in [5, 5.41) is 0.0411. The SMILES string of the molecule is O=S(=O)(c1ccc(CCl)o1)N1CCC[C@H]2CCCC[C@H]21. The highest BCUT2D eigenvalue weighted by Gasteiger charge is 2.41. The van der Waals surface area contributed by atoms with Crippen molar-refractivity contribution in [1.82, 2.24) is 4.31 Å². The Bertz CT molecular complexity index is 567. The van der Waals surface area contributed by atoms with Crippen molar-refractivity contribution in [2.24, 2.45) is 5.92 Å². The van der Waals surface area contributed by atoms with E-state index in [2.05, 4.69) is 0 Å². The summed E-state index contributed by atoms with van der Waals surface area (Å²) in [5.41, 5.74) is 0. The van der Waals surface area contributed by atoms with Crippen molar-refractivity contribution in [1.29, 1.82) is 0 Å². The van der Waals surface area contributed by atoms with Crippen LogP contribution in [0.15, 0.2) is 21.6 Å². The van der Waals surface area contributed by atoms with Gasteiger partial charge in [-0.25, -0.2) is 8.42 Å². The Kier molecular flexibility index (Phi) is 4.11. The second-order valence-corrected chi connectivity index (χ2v) is 7.81. The van der Waals surface area contributed by atoms with Gasteiger partial charge in [0, 0.05) is 12.6 Å². The molecule has 0 unspecified atom stereocenters. The normalized spacial score (nSPS) is 28.2. The van der Waals surface area contributed by atoms with Crippen LogP contribution in [0.2, 0.25) is 0 Å². The van der Waals surface area contributed by atoms with E-state index in [1.807, 2.05) is 0 Å². The standard InChI is InChI=1S/C14H20ClNO3S/c15-10-12-7-8-14(19-12)20(17,18)16-9-3-5-11-4-1-2-6-13(11)16/h7-8,11,13H,1-6,9-10H2/t11-,13-/m1/s1. The van der Waals surface area contributed by atoms with Crippen LogP contribution >= 0.6 is 11.6 Å². The fourth-order valence-corrected chi connectivity index (χ4v) is 5.39. The number of rotatable bonds is 3. The second-order valence-electron chi connectivity index (χ2n) is 5.72. The Morgan fingerprint density at radius 2 is 1.95 bits per heavy atom. The molecule has 1 aliphatic heterocycles. The number of furan rings is 1. The lowest BCUT2D eigenvalue weighted by atomic mass is 9.79. The molecule has 112 valence electrons. The zero-order valence-electron chi connectivity index (χ0n) is 11.4. The molecular weight excluding hydrogens is 298 g/mol. The van der Waals surface area contributed by atoms with E-state index in [1.165, 1.54) is 12.5 Å². The Morgan fingerprint density at radius 3 is 2.70 bits per heavy atom. The molecule has 0 bridgehead atoms. The molecule has 4 nitrogen and oxygen atoms in total. The lowest BCUT2D eigenvalue weighted by molar-refractivity contribution is 0.127. The van der Waals surface area contributed by atoms with Gasteiger partial charge in [-0.2, -0.15) is 4.31 Å². The average Bonchev–Trinajstić information content (AvgIpc) is 2.96. The van der Waals surface area contributed by atoms with E-state index in [0.717, 1.165) is 32.1 Å². The number of sulfonamides is 1. The molecule has 2 aliphatic rings. The van der Waals surface area contributed by atoms with E-state index in [-0.39, 0.29) is 17.0 Å². The third-order valence-electron chi connectivity index (χ3n) is 4.52. The van der Waals surface area contributed by atoms with Crippen LogP contribution in [0.1, 0.15) is 44.3 Å². The molecular formula is C14H20ClNO3S. The zero-order valence-corrected chi connectivity index (χ0v) is 13.0. The van der Waals surface area contributed by atoms with Gasteiger partial charge in [0.2, 0.25) is 5.09 Å². The van der Waals surface area contributed by atoms with E-state index in [1.54, 1.807) is 10.4 Å². The smallest absolute Gasteiger partial charge is 0.276 e. The highest BCUT2D eigenvalue weighted by Crippen LogP contribution is 2.38. The topological polar surface area (TPSA) is 50.5 Å². The summed E-state index contributed by atoms with van der Waals surface area (Å²) in [4.78, 5) is 0. The molecule has 0 spiro atoms. The molecule has 0 radical (unpaired) electrons. The van der Waals surface area contributed by atoms with Crippen LogP contribution in [0, 0.1) is 5.92 Å². The molecule has 0 aromatic carbocycles. The molecule has 20 heavy (non-hydrogen) atoms. The maximum atomic E-state index is 12.8. The zero-order chi connectivity index (χ0) is 14.2. The number of hydrogen-bond acceptors (Lipinski definition) is 3. The van der Waals surface area contributed by atoms with Crippen molar-refractivity contribution in [3.8, 4) is 0 Å². The second kappa shape index (κ2) is 5.70. The molecule has 1 aromatic heterocycles. The lowest BCUT2D eigenvalue weighted by Crippen LogP contribution is -2.49. The van der Waals surface area contributed by atoms with Gasteiger partial charge in [-0.3, -0.25) is 0 Å². The summed E-state index contributed by atoms with van der Waals surface area (Å²) in [5.74, 6) is 1.22. The van der Waals surface area contributed by atoms with E-state index in [4.69, 9.17) is 16.0 Å². The molecule has 6 heteroatoms. The average molecular weight is 318 g/mol. The number of nitrogens with zero attached hydrogens (tertiary/aromatic N) is 1. The number of halogens is 1. The highest BCUT2D eigenvalue weighted by atomic mass is 35.5. The predicted molar refractivity (Wildman–Crippen MR) is 77.1 cm³/mol. The van der Waals surface area contributed by atoms with Gasteiger partial charge >= 0.3 is 0 Å². The van der Waals surface area contributed by atoms with E-state index in [0.29, 0.717) is 18.2 Å². The monoisotopic (exact) mass is 317 g/mol. The van der Waals surface area contributed by atoms with Crippen molar-refractivity contribution in [2.75, 3.05) is 6.54 Å². The number of fused-ring (bicyclic) bond motifs is 1. The third kappa shape index (κ3) is 2.51. The van der Waals surface area contributed by atoms with E-state index < -0.39 is 10.0 Å². The molecule has 1 aliphatic carbocycles. The Hall–Kier alpha value is -0.520. The quantitative estimate of drug-likeness (QED) is 0.803. The van der Waals surface area contributed by atoms with Gasteiger partial charge in [0.25, 0.3) is 10.0 Å². The number of alkyl halides is 1. The molecule has 2 atom stereocenters. The summed E-state index contributed by atoms with van der Waals surface area (Å²) < 4.78 is 32.6. The van der Waals surface area contributed by atoms with Crippen molar-refractivity contribution in [2.45, 2.75) is 55.5 Å². The van der Waals surface area contributed by atoms with E-state index >= 15 is 0 Å². The number of piperidine rings is 1. The molecule has 1 aromatic rings. The van der Waals surface area contributed by atoms with E-state index in [9.17, 15) is 8.42 Å². The first kappa shape index (κ1) is 14.4. The van der Waals surface area contributed by atoms with Gasteiger partial charge in [0.1, 0.15) is 5.76 Å². The highest BCUT2D eigenvalue weighted by molar-refractivity contribution is 7.89. The van der Waals surface area contributed by atoms with Crippen molar-refractivity contribution in [3.05, 3.63) is 17.9 Å². The molecule has 2 fully saturated rings. The van der Waals surface area contributed by atoms with Crippen molar-refractivity contribution >= 4 is 21.6 Å². The van der Waals surface area contributed by atoms with Crippen molar-refractivity contribution in [3.63, 3.8) is 0 Å². The minimum atomic E-state index is -3.51. The summed E-state index contributed by atoms with van der Waals surface area (Å²) in [6.45, 7) is 0.612. The fourth-order valence-electron chi connectivity index (χ4n) is 3.56. The van der Waals surface area contributed by atoms with Gasteiger partial charge in [-0.05, 0) is 43.7 Å². The van der Waals surface area contributed by atoms with Crippen LogP contribution in [0.3, 0.4) is 0 Å². The van der Waals surface area contributed by atoms with Crippen LogP contribution in [0.4, 0.5) is 0 Å². The molecule has 0 N–H and O–H groups in total. The maximum Gasteiger partial charge on any atom is 0.276 e. The minimum Gasteiger partial charge on any atom is -0.447 e. The third-order valence-corrected chi connectivity index (χ3v) is 6.59. The van der Waals surface area contributed by atoms with Gasteiger partial charge < -0.3 is 4.42 Å². The van der Waals surface area contributed by atoms with Gasteiger partial charge in [0.15, 0.2) is 0 Å². The molecule has 1 saturated carbocycles. The predicted octanol–water partition coefficient (Wildman–Crippen LogP) is 3.36. The molecule has 2 heterocycles. The fraction of sp³-hybridized carbons (Fsp3) is 0.714. The lowest BCUT2D eigenvalue weighted by Gasteiger charge is -2.42. The minimum absolute atomic E-state index is 0.0411. The van der Waals surface area contributed by atoms with Crippen LogP contribution < -0.4 is 0 Å². The van der Waals surface area contributed by atoms with Gasteiger partial charge in [-0.15, -0.1) is 11.6 Å². The first-order valence-corrected chi connectivity index (χ1v) is 9.27. The maximum absolute atomic E-state index is 12.8. The van der Waals surface area contributed by atoms with Crippen LogP contribution in [-0.4, -0.2) is 25.3 Å².